The van der Waals surface area contributed by atoms with E-state index in [2.05, 4.69) is 10.6 Å². The lowest BCUT2D eigenvalue weighted by Crippen LogP contribution is -2.24. The third-order valence-electron chi connectivity index (χ3n) is 4.44. The molecule has 0 radical (unpaired) electrons. The number of furan rings is 1. The summed E-state index contributed by atoms with van der Waals surface area (Å²) in [4.78, 5) is 22.9. The van der Waals surface area contributed by atoms with Crippen molar-refractivity contribution in [3.8, 4) is 11.3 Å². The fraction of sp³-hybridized carbons (Fsp3) is 0.227. The zero-order chi connectivity index (χ0) is 21.5. The summed E-state index contributed by atoms with van der Waals surface area (Å²) in [6, 6.07) is 15.4. The second-order valence-corrected chi connectivity index (χ2v) is 7.18. The van der Waals surface area contributed by atoms with Crippen LogP contribution in [0, 0.1) is 10.1 Å². The van der Waals surface area contributed by atoms with Gasteiger partial charge in [-0.1, -0.05) is 30.7 Å². The van der Waals surface area contributed by atoms with Crippen LogP contribution in [-0.4, -0.2) is 17.4 Å². The number of nitrogens with zero attached hydrogens (tertiary/aromatic N) is 1. The van der Waals surface area contributed by atoms with E-state index < -0.39 is 4.92 Å². The molecule has 0 spiro atoms. The third kappa shape index (κ3) is 5.46. The Balaban J connectivity index is 1.62. The molecule has 7 nitrogen and oxygen atoms in total. The van der Waals surface area contributed by atoms with Crippen molar-refractivity contribution in [2.75, 3.05) is 6.54 Å². The lowest BCUT2D eigenvalue weighted by Gasteiger charge is -2.07. The smallest absolute Gasteiger partial charge is 0.281 e. The molecule has 3 aromatic rings. The molecule has 0 aliphatic heterocycles. The highest BCUT2D eigenvalue weighted by atomic mass is 35.5. The van der Waals surface area contributed by atoms with Crippen molar-refractivity contribution >= 4 is 23.2 Å². The molecule has 8 heteroatoms. The minimum atomic E-state index is -0.481. The summed E-state index contributed by atoms with van der Waals surface area (Å²) in [7, 11) is 0. The maximum atomic E-state index is 12.1. The van der Waals surface area contributed by atoms with Gasteiger partial charge in [-0.2, -0.15) is 0 Å². The van der Waals surface area contributed by atoms with Crippen molar-refractivity contribution in [3.05, 3.63) is 86.6 Å². The van der Waals surface area contributed by atoms with E-state index in [9.17, 15) is 14.9 Å². The second kappa shape index (κ2) is 10.0. The summed E-state index contributed by atoms with van der Waals surface area (Å²) in [5.74, 6) is 0.967. The SMILES string of the molecule is CCCNC(=O)c1cccc(CNCc2ccc(-c3ccc(Cl)cc3[N+](=O)[O-])o2)c1. The Morgan fingerprint density at radius 2 is 1.97 bits per heavy atom. The number of nitro benzene ring substituents is 1. The summed E-state index contributed by atoms with van der Waals surface area (Å²) in [6.45, 7) is 3.64. The van der Waals surface area contributed by atoms with Gasteiger partial charge in [0.15, 0.2) is 0 Å². The molecule has 0 aliphatic rings. The molecule has 0 saturated carbocycles. The fourth-order valence-corrected chi connectivity index (χ4v) is 3.14. The van der Waals surface area contributed by atoms with E-state index in [4.69, 9.17) is 16.0 Å². The second-order valence-electron chi connectivity index (χ2n) is 6.74. The van der Waals surface area contributed by atoms with Crippen molar-refractivity contribution in [2.24, 2.45) is 0 Å². The molecule has 3 rings (SSSR count). The zero-order valence-electron chi connectivity index (χ0n) is 16.5. The van der Waals surface area contributed by atoms with Crippen molar-refractivity contribution in [1.82, 2.24) is 10.6 Å². The van der Waals surface area contributed by atoms with E-state index in [-0.39, 0.29) is 11.6 Å². The maximum absolute atomic E-state index is 12.1. The predicted octanol–water partition coefficient (Wildman–Crippen LogP) is 4.94. The van der Waals surface area contributed by atoms with E-state index in [0.717, 1.165) is 12.0 Å². The van der Waals surface area contributed by atoms with Gasteiger partial charge in [0.2, 0.25) is 0 Å². The van der Waals surface area contributed by atoms with E-state index >= 15 is 0 Å². The quantitative estimate of drug-likeness (QED) is 0.372. The van der Waals surface area contributed by atoms with Gasteiger partial charge in [-0.25, -0.2) is 0 Å². The van der Waals surface area contributed by atoms with Gasteiger partial charge < -0.3 is 15.1 Å². The van der Waals surface area contributed by atoms with Crippen LogP contribution in [0.2, 0.25) is 5.02 Å². The van der Waals surface area contributed by atoms with E-state index in [1.54, 1.807) is 30.3 Å². The first kappa shape index (κ1) is 21.5. The number of carbonyl (C=O) groups is 1. The zero-order valence-corrected chi connectivity index (χ0v) is 17.2. The summed E-state index contributed by atoms with van der Waals surface area (Å²) >= 11 is 5.87. The average molecular weight is 428 g/mol. The molecule has 0 fully saturated rings. The fourth-order valence-electron chi connectivity index (χ4n) is 2.98. The van der Waals surface area contributed by atoms with Crippen LogP contribution in [0.15, 0.2) is 59.0 Å². The lowest BCUT2D eigenvalue weighted by molar-refractivity contribution is -0.384. The van der Waals surface area contributed by atoms with Gasteiger partial charge in [-0.15, -0.1) is 0 Å². The molecule has 2 N–H and O–H groups in total. The summed E-state index contributed by atoms with van der Waals surface area (Å²) in [5, 5.41) is 17.7. The van der Waals surface area contributed by atoms with Gasteiger partial charge in [0, 0.05) is 29.7 Å². The molecule has 1 heterocycles. The molecule has 1 aromatic heterocycles. The van der Waals surface area contributed by atoms with Crippen LogP contribution in [-0.2, 0) is 13.1 Å². The first-order chi connectivity index (χ1) is 14.5. The minimum absolute atomic E-state index is 0.0843. The van der Waals surface area contributed by atoms with Crippen LogP contribution in [0.3, 0.4) is 0 Å². The number of halogens is 1. The Labute approximate surface area is 179 Å². The van der Waals surface area contributed by atoms with Gasteiger partial charge in [0.05, 0.1) is 17.0 Å². The molecule has 0 saturated heterocycles. The van der Waals surface area contributed by atoms with Crippen LogP contribution in [0.4, 0.5) is 5.69 Å². The van der Waals surface area contributed by atoms with Crippen LogP contribution in [0.25, 0.3) is 11.3 Å². The Hall–Kier alpha value is -3.16. The first-order valence-electron chi connectivity index (χ1n) is 9.59. The average Bonchev–Trinajstić information content (AvgIpc) is 3.20. The highest BCUT2D eigenvalue weighted by molar-refractivity contribution is 6.30. The van der Waals surface area contributed by atoms with Crippen molar-refractivity contribution in [1.29, 1.82) is 0 Å². The molecular formula is C22H22ClN3O4. The standard InChI is InChI=1S/C22H22ClN3O4/c1-2-10-25-22(27)16-5-3-4-15(11-16)13-24-14-18-7-9-21(30-18)19-8-6-17(23)12-20(19)26(28)29/h3-9,11-12,24H,2,10,13-14H2,1H3,(H,25,27). The highest BCUT2D eigenvalue weighted by Gasteiger charge is 2.18. The molecule has 156 valence electrons. The van der Waals surface area contributed by atoms with E-state index in [1.807, 2.05) is 25.1 Å². The van der Waals surface area contributed by atoms with Gasteiger partial charge >= 0.3 is 0 Å². The summed E-state index contributed by atoms with van der Waals surface area (Å²) in [5.41, 5.74) is 1.87. The van der Waals surface area contributed by atoms with Crippen LogP contribution in [0.1, 0.15) is 35.0 Å². The molecular weight excluding hydrogens is 406 g/mol. The minimum Gasteiger partial charge on any atom is -0.459 e. The number of carbonyl (C=O) groups excluding carboxylic acids is 1. The van der Waals surface area contributed by atoms with Crippen molar-refractivity contribution in [2.45, 2.75) is 26.4 Å². The Morgan fingerprint density at radius 1 is 1.13 bits per heavy atom. The molecule has 2 aromatic carbocycles. The molecule has 0 unspecified atom stereocenters. The van der Waals surface area contributed by atoms with Crippen LogP contribution >= 0.6 is 11.6 Å². The molecule has 30 heavy (non-hydrogen) atoms. The number of benzene rings is 2. The Bertz CT molecular complexity index is 1050. The topological polar surface area (TPSA) is 97.4 Å². The molecule has 0 atom stereocenters. The summed E-state index contributed by atoms with van der Waals surface area (Å²) in [6.07, 6.45) is 0.886. The molecule has 0 bridgehead atoms. The molecule has 1 amide bonds. The van der Waals surface area contributed by atoms with Gasteiger partial charge in [-0.3, -0.25) is 14.9 Å². The van der Waals surface area contributed by atoms with Crippen LogP contribution in [0.5, 0.6) is 0 Å². The van der Waals surface area contributed by atoms with Crippen molar-refractivity contribution < 1.29 is 14.1 Å². The molecule has 0 aliphatic carbocycles. The Morgan fingerprint density at radius 3 is 2.73 bits per heavy atom. The Kier molecular flexibility index (Phi) is 7.21. The third-order valence-corrected chi connectivity index (χ3v) is 4.67. The van der Waals surface area contributed by atoms with Crippen molar-refractivity contribution in [3.63, 3.8) is 0 Å². The normalized spacial score (nSPS) is 10.7. The van der Waals surface area contributed by atoms with Gasteiger partial charge in [0.25, 0.3) is 11.6 Å². The number of amides is 1. The first-order valence-corrected chi connectivity index (χ1v) is 9.96. The lowest BCUT2D eigenvalue weighted by atomic mass is 10.1. The van der Waals surface area contributed by atoms with Gasteiger partial charge in [-0.05, 0) is 48.4 Å². The monoisotopic (exact) mass is 427 g/mol. The highest BCUT2D eigenvalue weighted by Crippen LogP contribution is 2.33. The summed E-state index contributed by atoms with van der Waals surface area (Å²) < 4.78 is 5.77. The number of nitrogens with one attached hydrogen (secondary N) is 2. The van der Waals surface area contributed by atoms with Gasteiger partial charge in [0.1, 0.15) is 11.5 Å². The number of hydrogen-bond donors (Lipinski definition) is 2. The van der Waals surface area contributed by atoms with Crippen LogP contribution < -0.4 is 10.6 Å². The van der Waals surface area contributed by atoms with E-state index in [0.29, 0.717) is 47.3 Å². The predicted molar refractivity (Wildman–Crippen MR) is 115 cm³/mol. The largest absolute Gasteiger partial charge is 0.459 e. The number of rotatable bonds is 9. The number of nitro groups is 1. The maximum Gasteiger partial charge on any atom is 0.281 e. The number of hydrogen-bond acceptors (Lipinski definition) is 5. The van der Waals surface area contributed by atoms with E-state index in [1.165, 1.54) is 6.07 Å².